The fourth-order valence-corrected chi connectivity index (χ4v) is 3.49. The van der Waals surface area contributed by atoms with Crippen molar-refractivity contribution in [3.63, 3.8) is 0 Å². The maximum Gasteiger partial charge on any atom is 0.417 e. The number of ether oxygens (including phenoxy) is 3. The van der Waals surface area contributed by atoms with Crippen molar-refractivity contribution in [1.29, 1.82) is 0 Å². The second-order valence-corrected chi connectivity index (χ2v) is 8.05. The average Bonchev–Trinajstić information content (AvgIpc) is 3.21. The summed E-state index contributed by atoms with van der Waals surface area (Å²) in [5, 5.41) is 3.26. The van der Waals surface area contributed by atoms with Gasteiger partial charge in [0.15, 0.2) is 0 Å². The number of anilines is 2. The summed E-state index contributed by atoms with van der Waals surface area (Å²) in [5.41, 5.74) is 1.01. The van der Waals surface area contributed by atoms with Crippen LogP contribution in [-0.2, 0) is 4.74 Å². The van der Waals surface area contributed by atoms with E-state index in [9.17, 15) is 4.79 Å². The molecule has 1 aliphatic heterocycles. The molecule has 0 spiro atoms. The Labute approximate surface area is 192 Å². The predicted molar refractivity (Wildman–Crippen MR) is 124 cm³/mol. The number of hydrogen-bond donors (Lipinski definition) is 1. The molecule has 9 nitrogen and oxygen atoms in total. The van der Waals surface area contributed by atoms with Crippen molar-refractivity contribution in [3.8, 4) is 17.5 Å². The standard InChI is InChI=1S/C24H27N5O4/c1-15(2)20-14-32-24(30)29(20)22-26-21(27-23(28-22)31-4)25-16(3)17-10-12-19(13-11-17)33-18-8-6-5-7-9-18/h5-13,15-16,20H,14H2,1-4H3,(H,25,26,27,28)/t16?,20-/m1/s1. The van der Waals surface area contributed by atoms with Gasteiger partial charge in [0, 0.05) is 0 Å². The molecule has 1 amide bonds. The first-order valence-corrected chi connectivity index (χ1v) is 10.8. The first kappa shape index (κ1) is 22.3. The molecule has 33 heavy (non-hydrogen) atoms. The number of nitrogens with one attached hydrogen (secondary N) is 1. The van der Waals surface area contributed by atoms with E-state index in [-0.39, 0.29) is 30.0 Å². The lowest BCUT2D eigenvalue weighted by Crippen LogP contribution is -2.38. The molecule has 2 heterocycles. The quantitative estimate of drug-likeness (QED) is 0.522. The third-order valence-electron chi connectivity index (χ3n) is 5.38. The SMILES string of the molecule is COc1nc(NC(C)c2ccc(Oc3ccccc3)cc2)nc(N2C(=O)OC[C@@H]2C(C)C)n1. The molecule has 1 aromatic heterocycles. The number of methoxy groups -OCH3 is 1. The Kier molecular flexibility index (Phi) is 6.58. The third kappa shape index (κ3) is 5.14. The number of carbonyl (C=O) groups is 1. The van der Waals surface area contributed by atoms with Gasteiger partial charge in [0.25, 0.3) is 0 Å². The van der Waals surface area contributed by atoms with Gasteiger partial charge in [0.05, 0.1) is 19.2 Å². The topological polar surface area (TPSA) is 98.7 Å². The summed E-state index contributed by atoms with van der Waals surface area (Å²) < 4.78 is 16.3. The summed E-state index contributed by atoms with van der Waals surface area (Å²) in [6.45, 7) is 6.32. The summed E-state index contributed by atoms with van der Waals surface area (Å²) in [6, 6.07) is 17.2. The maximum atomic E-state index is 12.3. The van der Waals surface area contributed by atoms with Gasteiger partial charge in [-0.3, -0.25) is 0 Å². The van der Waals surface area contributed by atoms with Crippen LogP contribution < -0.4 is 19.7 Å². The number of benzene rings is 2. The smallest absolute Gasteiger partial charge is 0.417 e. The first-order valence-electron chi connectivity index (χ1n) is 10.8. The van der Waals surface area contributed by atoms with Gasteiger partial charge in [0.1, 0.15) is 18.1 Å². The second kappa shape index (κ2) is 9.72. The highest BCUT2D eigenvalue weighted by Crippen LogP contribution is 2.28. The van der Waals surface area contributed by atoms with Crippen LogP contribution in [0.4, 0.5) is 16.7 Å². The fraction of sp³-hybridized carbons (Fsp3) is 0.333. The van der Waals surface area contributed by atoms with E-state index in [1.807, 2.05) is 75.4 Å². The van der Waals surface area contributed by atoms with Crippen LogP contribution in [0.5, 0.6) is 17.5 Å². The summed E-state index contributed by atoms with van der Waals surface area (Å²) in [5.74, 6) is 2.20. The van der Waals surface area contributed by atoms with E-state index >= 15 is 0 Å². The third-order valence-corrected chi connectivity index (χ3v) is 5.38. The summed E-state index contributed by atoms with van der Waals surface area (Å²) in [7, 11) is 1.47. The predicted octanol–water partition coefficient (Wildman–Crippen LogP) is 4.83. The number of rotatable bonds is 8. The number of nitrogens with zero attached hydrogens (tertiary/aromatic N) is 4. The first-order chi connectivity index (χ1) is 15.9. The van der Waals surface area contributed by atoms with E-state index in [4.69, 9.17) is 14.2 Å². The monoisotopic (exact) mass is 449 g/mol. The lowest BCUT2D eigenvalue weighted by molar-refractivity contribution is 0.177. The van der Waals surface area contributed by atoms with Crippen molar-refractivity contribution in [2.45, 2.75) is 32.9 Å². The minimum absolute atomic E-state index is 0.114. The van der Waals surface area contributed by atoms with Crippen molar-refractivity contribution in [3.05, 3.63) is 60.2 Å². The molecular formula is C24H27N5O4. The highest BCUT2D eigenvalue weighted by molar-refractivity contribution is 5.88. The van der Waals surface area contributed by atoms with Crippen molar-refractivity contribution in [1.82, 2.24) is 15.0 Å². The Balaban J connectivity index is 1.51. The summed E-state index contributed by atoms with van der Waals surface area (Å²) >= 11 is 0. The number of cyclic esters (lactones) is 1. The zero-order valence-corrected chi connectivity index (χ0v) is 19.1. The van der Waals surface area contributed by atoms with E-state index in [2.05, 4.69) is 20.3 Å². The Morgan fingerprint density at radius 3 is 2.36 bits per heavy atom. The van der Waals surface area contributed by atoms with Crippen LogP contribution >= 0.6 is 0 Å². The zero-order chi connectivity index (χ0) is 23.4. The van der Waals surface area contributed by atoms with Gasteiger partial charge in [0.2, 0.25) is 11.9 Å². The molecule has 0 saturated carbocycles. The molecule has 0 aliphatic carbocycles. The molecule has 1 N–H and O–H groups in total. The van der Waals surface area contributed by atoms with E-state index in [1.165, 1.54) is 12.0 Å². The van der Waals surface area contributed by atoms with Crippen LogP contribution in [0.2, 0.25) is 0 Å². The molecule has 1 fully saturated rings. The summed E-state index contributed by atoms with van der Waals surface area (Å²) in [4.78, 5) is 26.8. The van der Waals surface area contributed by atoms with Crippen molar-refractivity contribution >= 4 is 18.0 Å². The number of hydrogen-bond acceptors (Lipinski definition) is 8. The molecule has 3 aromatic rings. The molecule has 1 aliphatic rings. The van der Waals surface area contributed by atoms with Crippen LogP contribution in [-0.4, -0.2) is 40.8 Å². The van der Waals surface area contributed by atoms with Crippen LogP contribution in [0, 0.1) is 5.92 Å². The van der Waals surface area contributed by atoms with Crippen molar-refractivity contribution in [2.75, 3.05) is 23.9 Å². The lowest BCUT2D eigenvalue weighted by atomic mass is 10.1. The summed E-state index contributed by atoms with van der Waals surface area (Å²) in [6.07, 6.45) is -0.477. The van der Waals surface area contributed by atoms with E-state index in [0.717, 1.165) is 17.1 Å². The molecule has 1 unspecified atom stereocenters. The Morgan fingerprint density at radius 1 is 1.00 bits per heavy atom. The van der Waals surface area contributed by atoms with Crippen LogP contribution in [0.3, 0.4) is 0 Å². The fourth-order valence-electron chi connectivity index (χ4n) is 3.49. The van der Waals surface area contributed by atoms with Crippen molar-refractivity contribution < 1.29 is 19.0 Å². The van der Waals surface area contributed by atoms with Gasteiger partial charge in [-0.15, -0.1) is 0 Å². The van der Waals surface area contributed by atoms with Crippen LogP contribution in [0.1, 0.15) is 32.4 Å². The molecule has 172 valence electrons. The van der Waals surface area contributed by atoms with Gasteiger partial charge in [-0.05, 0) is 42.7 Å². The van der Waals surface area contributed by atoms with E-state index in [0.29, 0.717) is 12.6 Å². The highest BCUT2D eigenvalue weighted by Gasteiger charge is 2.38. The molecule has 9 heteroatoms. The highest BCUT2D eigenvalue weighted by atomic mass is 16.6. The molecule has 4 rings (SSSR count). The van der Waals surface area contributed by atoms with Gasteiger partial charge in [-0.2, -0.15) is 15.0 Å². The number of para-hydroxylation sites is 1. The zero-order valence-electron chi connectivity index (χ0n) is 19.1. The minimum atomic E-state index is -0.477. The van der Waals surface area contributed by atoms with Crippen molar-refractivity contribution in [2.24, 2.45) is 5.92 Å². The maximum absolute atomic E-state index is 12.3. The number of carbonyl (C=O) groups excluding carboxylic acids is 1. The van der Waals surface area contributed by atoms with Gasteiger partial charge < -0.3 is 19.5 Å². The van der Waals surface area contributed by atoms with Gasteiger partial charge in [-0.1, -0.05) is 44.2 Å². The second-order valence-electron chi connectivity index (χ2n) is 8.05. The Bertz CT molecular complexity index is 1090. The molecule has 0 bridgehead atoms. The largest absolute Gasteiger partial charge is 0.467 e. The van der Waals surface area contributed by atoms with Crippen LogP contribution in [0.15, 0.2) is 54.6 Å². The molecule has 0 radical (unpaired) electrons. The Hall–Kier alpha value is -3.88. The minimum Gasteiger partial charge on any atom is -0.467 e. The molecule has 2 atom stereocenters. The van der Waals surface area contributed by atoms with Crippen LogP contribution in [0.25, 0.3) is 0 Å². The molecule has 2 aromatic carbocycles. The lowest BCUT2D eigenvalue weighted by Gasteiger charge is -2.23. The van der Waals surface area contributed by atoms with Gasteiger partial charge >= 0.3 is 12.1 Å². The Morgan fingerprint density at radius 2 is 1.70 bits per heavy atom. The average molecular weight is 450 g/mol. The van der Waals surface area contributed by atoms with E-state index in [1.54, 1.807) is 0 Å². The number of aromatic nitrogens is 3. The normalized spacial score (nSPS) is 16.5. The van der Waals surface area contributed by atoms with E-state index < -0.39 is 6.09 Å². The molecule has 1 saturated heterocycles. The number of amides is 1. The van der Waals surface area contributed by atoms with Gasteiger partial charge in [-0.25, -0.2) is 9.69 Å². The molecular weight excluding hydrogens is 422 g/mol.